The third-order valence-electron chi connectivity index (χ3n) is 4.03. The Bertz CT molecular complexity index is 641. The Kier molecular flexibility index (Phi) is 6.03. The van der Waals surface area contributed by atoms with Gasteiger partial charge in [0.1, 0.15) is 0 Å². The fourth-order valence-corrected chi connectivity index (χ4v) is 3.61. The van der Waals surface area contributed by atoms with E-state index in [-0.39, 0.29) is 6.42 Å². The molecule has 5 heteroatoms. The number of rotatable bonds is 8. The van der Waals surface area contributed by atoms with E-state index in [1.165, 1.54) is 5.56 Å². The Morgan fingerprint density at radius 2 is 1.52 bits per heavy atom. The zero-order valence-corrected chi connectivity index (χ0v) is 13.7. The van der Waals surface area contributed by atoms with Crippen molar-refractivity contribution in [2.45, 2.75) is 30.8 Å². The van der Waals surface area contributed by atoms with Gasteiger partial charge in [0, 0.05) is 12.0 Å². The van der Waals surface area contributed by atoms with Crippen LogP contribution in [0.2, 0.25) is 0 Å². The largest absolute Gasteiger partial charge is 0.528 e. The Labute approximate surface area is 136 Å². The van der Waals surface area contributed by atoms with E-state index in [0.29, 0.717) is 12.0 Å². The molecule has 0 aliphatic carbocycles. The predicted octanol–water partition coefficient (Wildman–Crippen LogP) is 4.11. The van der Waals surface area contributed by atoms with Gasteiger partial charge in [-0.05, 0) is 29.4 Å². The zero-order valence-electron chi connectivity index (χ0n) is 12.8. The topological polar surface area (TPSA) is 74.6 Å². The van der Waals surface area contributed by atoms with Crippen molar-refractivity contribution in [1.82, 2.24) is 0 Å². The van der Waals surface area contributed by atoms with Crippen LogP contribution in [0.25, 0.3) is 0 Å². The Hall–Kier alpha value is -2.03. The molecule has 2 unspecified atom stereocenters. The van der Waals surface area contributed by atoms with Crippen LogP contribution in [-0.2, 0) is 20.9 Å². The van der Waals surface area contributed by atoms with Gasteiger partial charge in [-0.2, -0.15) is 4.89 Å². The van der Waals surface area contributed by atoms with E-state index in [4.69, 9.17) is 0 Å². The molecule has 0 radical (unpaired) electrons. The summed E-state index contributed by atoms with van der Waals surface area (Å²) < 4.78 is 11.9. The summed E-state index contributed by atoms with van der Waals surface area (Å²) in [5, 5.41) is 7.89. The summed E-state index contributed by atoms with van der Waals surface area (Å²) in [6, 6.07) is 18.3. The summed E-state index contributed by atoms with van der Waals surface area (Å²) in [5.41, 5.74) is 1.57. The summed E-state index contributed by atoms with van der Waals surface area (Å²) >= 11 is 0. The average molecular weight is 331 g/mol. The fourth-order valence-electron chi connectivity index (χ4n) is 2.73. The number of aliphatic carboxylic acids is 1. The van der Waals surface area contributed by atoms with Crippen molar-refractivity contribution in [2.24, 2.45) is 0 Å². The van der Waals surface area contributed by atoms with Crippen molar-refractivity contribution in [2.75, 3.05) is 0 Å². The third kappa shape index (κ3) is 4.04. The van der Waals surface area contributed by atoms with Crippen LogP contribution in [0.15, 0.2) is 60.7 Å². The van der Waals surface area contributed by atoms with Crippen LogP contribution < -0.4 is 0 Å². The Morgan fingerprint density at radius 3 is 2.04 bits per heavy atom. The van der Waals surface area contributed by atoms with Crippen molar-refractivity contribution in [3.63, 3.8) is 0 Å². The molecule has 2 atom stereocenters. The standard InChI is InChI=1S/C18H19O4P/c19-17(20)18(23(21)22,16-12-5-2-6-13-16)14-8-7-11-15-9-3-1-4-10-15/h1-6,9-10,12-13H,7-8,11,14H2,(H-,19,20,21,22)/p+1. The average Bonchev–Trinajstić information content (AvgIpc) is 2.56. The molecule has 0 aliphatic rings. The molecular weight excluding hydrogens is 311 g/mol. The first-order valence-corrected chi connectivity index (χ1v) is 8.77. The minimum Gasteiger partial charge on any atom is -0.477 e. The van der Waals surface area contributed by atoms with E-state index in [1.807, 2.05) is 30.3 Å². The first kappa shape index (κ1) is 17.3. The molecule has 0 saturated heterocycles. The number of benzene rings is 2. The quantitative estimate of drug-likeness (QED) is 0.564. The van der Waals surface area contributed by atoms with Gasteiger partial charge in [0.25, 0.3) is 0 Å². The van der Waals surface area contributed by atoms with Crippen molar-refractivity contribution in [1.29, 1.82) is 0 Å². The van der Waals surface area contributed by atoms with E-state index in [1.54, 1.807) is 30.3 Å². The fraction of sp³-hybridized carbons (Fsp3) is 0.278. The number of carbonyl (C=O) groups is 1. The SMILES string of the molecule is O=C(O)C(CCCCc1ccccc1)(c1ccccc1)[P+](=O)O. The highest BCUT2D eigenvalue weighted by Crippen LogP contribution is 2.48. The van der Waals surface area contributed by atoms with Crippen molar-refractivity contribution in [3.05, 3.63) is 71.8 Å². The molecule has 0 heterocycles. The van der Waals surface area contributed by atoms with Crippen LogP contribution in [0.3, 0.4) is 0 Å². The molecule has 4 nitrogen and oxygen atoms in total. The molecule has 0 bridgehead atoms. The molecule has 23 heavy (non-hydrogen) atoms. The van der Waals surface area contributed by atoms with Gasteiger partial charge in [0.2, 0.25) is 0 Å². The molecule has 2 aromatic carbocycles. The number of unbranched alkanes of at least 4 members (excludes halogenated alkanes) is 1. The summed E-state index contributed by atoms with van der Waals surface area (Å²) in [4.78, 5) is 21.5. The van der Waals surface area contributed by atoms with Crippen LogP contribution in [0, 0.1) is 0 Å². The summed E-state index contributed by atoms with van der Waals surface area (Å²) in [5.74, 6) is -1.24. The number of hydrogen-bond donors (Lipinski definition) is 2. The Balaban J connectivity index is 2.10. The maximum atomic E-state index is 11.9. The highest BCUT2D eigenvalue weighted by atomic mass is 31.1. The van der Waals surface area contributed by atoms with Gasteiger partial charge < -0.3 is 5.11 Å². The van der Waals surface area contributed by atoms with Gasteiger partial charge in [-0.1, -0.05) is 60.7 Å². The molecule has 2 rings (SSSR count). The minimum atomic E-state index is -2.88. The smallest absolute Gasteiger partial charge is 0.477 e. The lowest BCUT2D eigenvalue weighted by molar-refractivity contribution is -0.140. The Morgan fingerprint density at radius 1 is 0.957 bits per heavy atom. The maximum Gasteiger partial charge on any atom is 0.528 e. The van der Waals surface area contributed by atoms with Gasteiger partial charge in [-0.15, -0.1) is 0 Å². The second-order valence-electron chi connectivity index (χ2n) is 5.50. The lowest BCUT2D eigenvalue weighted by atomic mass is 9.91. The van der Waals surface area contributed by atoms with Crippen LogP contribution >= 0.6 is 8.03 Å². The number of carboxylic acid groups (broad SMARTS) is 1. The van der Waals surface area contributed by atoms with Crippen LogP contribution in [0.4, 0.5) is 0 Å². The molecule has 0 aliphatic heterocycles. The van der Waals surface area contributed by atoms with Crippen molar-refractivity contribution in [3.8, 4) is 0 Å². The van der Waals surface area contributed by atoms with E-state index in [2.05, 4.69) is 0 Å². The van der Waals surface area contributed by atoms with Crippen LogP contribution in [-0.4, -0.2) is 16.0 Å². The maximum absolute atomic E-state index is 11.9. The van der Waals surface area contributed by atoms with Crippen molar-refractivity contribution < 1.29 is 19.4 Å². The molecule has 2 N–H and O–H groups in total. The van der Waals surface area contributed by atoms with Crippen LogP contribution in [0.5, 0.6) is 0 Å². The number of hydrogen-bond acceptors (Lipinski definition) is 2. The molecule has 0 aromatic heterocycles. The first-order valence-electron chi connectivity index (χ1n) is 7.56. The summed E-state index contributed by atoms with van der Waals surface area (Å²) in [6.45, 7) is 0. The van der Waals surface area contributed by atoms with Gasteiger partial charge in [0.05, 0.1) is 0 Å². The highest BCUT2D eigenvalue weighted by Gasteiger charge is 2.57. The second-order valence-corrected chi connectivity index (χ2v) is 6.81. The van der Waals surface area contributed by atoms with Gasteiger partial charge in [-0.25, -0.2) is 4.79 Å². The first-order chi connectivity index (χ1) is 11.1. The monoisotopic (exact) mass is 331 g/mol. The van der Waals surface area contributed by atoms with E-state index < -0.39 is 19.2 Å². The summed E-state index contributed by atoms with van der Waals surface area (Å²) in [7, 11) is -2.88. The number of carboxylic acids is 1. The molecule has 120 valence electrons. The van der Waals surface area contributed by atoms with Crippen LogP contribution in [0.1, 0.15) is 30.4 Å². The van der Waals surface area contributed by atoms with Gasteiger partial charge in [-0.3, -0.25) is 0 Å². The van der Waals surface area contributed by atoms with Crippen molar-refractivity contribution >= 4 is 14.0 Å². The molecule has 0 amide bonds. The highest BCUT2D eigenvalue weighted by molar-refractivity contribution is 7.41. The second kappa shape index (κ2) is 8.00. The third-order valence-corrected chi connectivity index (χ3v) is 5.35. The van der Waals surface area contributed by atoms with Gasteiger partial charge in [0.15, 0.2) is 0 Å². The predicted molar refractivity (Wildman–Crippen MR) is 89.6 cm³/mol. The lowest BCUT2D eigenvalue weighted by Gasteiger charge is -2.17. The minimum absolute atomic E-state index is 0.144. The lowest BCUT2D eigenvalue weighted by Crippen LogP contribution is -2.32. The van der Waals surface area contributed by atoms with Gasteiger partial charge >= 0.3 is 19.2 Å². The molecule has 0 saturated carbocycles. The van der Waals surface area contributed by atoms with E-state index >= 15 is 0 Å². The molecule has 0 spiro atoms. The zero-order chi connectivity index (χ0) is 16.7. The summed E-state index contributed by atoms with van der Waals surface area (Å²) in [6.07, 6.45) is 2.31. The number of aryl methyl sites for hydroxylation is 1. The molecule has 2 aromatic rings. The molecular formula is C18H20O4P+. The normalized spacial score (nSPS) is 14.0. The van der Waals surface area contributed by atoms with E-state index in [0.717, 1.165) is 12.8 Å². The van der Waals surface area contributed by atoms with E-state index in [9.17, 15) is 19.4 Å². The molecule has 0 fully saturated rings.